The quantitative estimate of drug-likeness (QED) is 0.778. The van der Waals surface area contributed by atoms with E-state index in [2.05, 4.69) is 27.2 Å². The van der Waals surface area contributed by atoms with E-state index in [1.807, 2.05) is 37.0 Å². The summed E-state index contributed by atoms with van der Waals surface area (Å²) in [7, 11) is 3.62. The average molecular weight is 330 g/mol. The first-order valence-corrected chi connectivity index (χ1v) is 8.48. The fourth-order valence-electron chi connectivity index (χ4n) is 3.43. The summed E-state index contributed by atoms with van der Waals surface area (Å²) in [5.74, 6) is 1.61. The van der Waals surface area contributed by atoms with Gasteiger partial charge in [0, 0.05) is 57.4 Å². The van der Waals surface area contributed by atoms with Gasteiger partial charge in [-0.3, -0.25) is 9.58 Å². The van der Waals surface area contributed by atoms with Gasteiger partial charge in [0.15, 0.2) is 0 Å². The molecule has 24 heavy (non-hydrogen) atoms. The molecule has 0 saturated carbocycles. The van der Waals surface area contributed by atoms with E-state index in [-0.39, 0.29) is 0 Å². The van der Waals surface area contributed by atoms with Gasteiger partial charge in [-0.15, -0.1) is 0 Å². The molecule has 6 heteroatoms. The van der Waals surface area contributed by atoms with Crippen LogP contribution in [0.25, 0.3) is 0 Å². The predicted molar refractivity (Wildman–Crippen MR) is 92.0 cm³/mol. The molecule has 1 aliphatic heterocycles. The fourth-order valence-corrected chi connectivity index (χ4v) is 3.43. The van der Waals surface area contributed by atoms with Gasteiger partial charge in [0.25, 0.3) is 0 Å². The van der Waals surface area contributed by atoms with Gasteiger partial charge in [-0.25, -0.2) is 4.98 Å². The Morgan fingerprint density at radius 1 is 1.29 bits per heavy atom. The number of hydrogen-bond donors (Lipinski definition) is 0. The summed E-state index contributed by atoms with van der Waals surface area (Å²) in [6, 6.07) is 5.93. The molecule has 3 rings (SSSR count). The summed E-state index contributed by atoms with van der Waals surface area (Å²) in [5.41, 5.74) is 2.33. The highest BCUT2D eigenvalue weighted by molar-refractivity contribution is 5.18. The summed E-state index contributed by atoms with van der Waals surface area (Å²) < 4.78 is 12.8. The van der Waals surface area contributed by atoms with Gasteiger partial charge in [0.1, 0.15) is 0 Å². The first-order chi connectivity index (χ1) is 11.7. The summed E-state index contributed by atoms with van der Waals surface area (Å²) in [4.78, 5) is 6.98. The largest absolute Gasteiger partial charge is 0.481 e. The number of hydrogen-bond acceptors (Lipinski definition) is 5. The number of rotatable bonds is 7. The second-order valence-electron chi connectivity index (χ2n) is 6.34. The molecule has 0 unspecified atom stereocenters. The SMILES string of the molecule is CCOC[C@@H]1CN(Cc2cccc(OC)n2)C[C@H]1c1cnn(C)c1. The van der Waals surface area contributed by atoms with Crippen molar-refractivity contribution in [2.45, 2.75) is 19.4 Å². The van der Waals surface area contributed by atoms with E-state index in [1.54, 1.807) is 7.11 Å². The van der Waals surface area contributed by atoms with Crippen LogP contribution in [-0.4, -0.2) is 53.1 Å². The lowest BCUT2D eigenvalue weighted by Gasteiger charge is -2.16. The Morgan fingerprint density at radius 3 is 2.88 bits per heavy atom. The predicted octanol–water partition coefficient (Wildman–Crippen LogP) is 2.08. The second-order valence-corrected chi connectivity index (χ2v) is 6.34. The molecule has 0 radical (unpaired) electrons. The van der Waals surface area contributed by atoms with Crippen molar-refractivity contribution >= 4 is 0 Å². The molecule has 6 nitrogen and oxygen atoms in total. The van der Waals surface area contributed by atoms with Gasteiger partial charge in [0.2, 0.25) is 5.88 Å². The van der Waals surface area contributed by atoms with Crippen molar-refractivity contribution < 1.29 is 9.47 Å². The molecule has 1 fully saturated rings. The minimum absolute atomic E-state index is 0.454. The molecule has 1 saturated heterocycles. The maximum atomic E-state index is 5.72. The number of aryl methyl sites for hydroxylation is 1. The molecule has 0 aliphatic carbocycles. The second kappa shape index (κ2) is 7.77. The van der Waals surface area contributed by atoms with Crippen LogP contribution < -0.4 is 4.74 Å². The van der Waals surface area contributed by atoms with E-state index in [9.17, 15) is 0 Å². The molecule has 3 heterocycles. The van der Waals surface area contributed by atoms with Crippen LogP contribution in [0.15, 0.2) is 30.6 Å². The zero-order valence-corrected chi connectivity index (χ0v) is 14.7. The van der Waals surface area contributed by atoms with Gasteiger partial charge in [0.05, 0.1) is 25.6 Å². The van der Waals surface area contributed by atoms with Crippen LogP contribution in [0.1, 0.15) is 24.1 Å². The molecule has 0 amide bonds. The van der Waals surface area contributed by atoms with Crippen molar-refractivity contribution in [3.63, 3.8) is 0 Å². The first kappa shape index (κ1) is 16.9. The summed E-state index contributed by atoms with van der Waals surface area (Å²) in [6.45, 7) is 6.44. The summed E-state index contributed by atoms with van der Waals surface area (Å²) in [5, 5.41) is 4.34. The van der Waals surface area contributed by atoms with Gasteiger partial charge in [-0.1, -0.05) is 6.07 Å². The third-order valence-electron chi connectivity index (χ3n) is 4.58. The van der Waals surface area contributed by atoms with Crippen molar-refractivity contribution in [2.75, 3.05) is 33.4 Å². The Kier molecular flexibility index (Phi) is 5.48. The van der Waals surface area contributed by atoms with Crippen molar-refractivity contribution in [2.24, 2.45) is 13.0 Å². The van der Waals surface area contributed by atoms with E-state index in [4.69, 9.17) is 9.47 Å². The highest BCUT2D eigenvalue weighted by Crippen LogP contribution is 2.33. The summed E-state index contributed by atoms with van der Waals surface area (Å²) in [6.07, 6.45) is 4.10. The minimum atomic E-state index is 0.454. The smallest absolute Gasteiger partial charge is 0.213 e. The zero-order valence-electron chi connectivity index (χ0n) is 14.7. The third-order valence-corrected chi connectivity index (χ3v) is 4.58. The molecule has 2 aromatic heterocycles. The highest BCUT2D eigenvalue weighted by atomic mass is 16.5. The van der Waals surface area contributed by atoms with Crippen LogP contribution in [0.5, 0.6) is 5.88 Å². The molecule has 0 N–H and O–H groups in total. The van der Waals surface area contributed by atoms with E-state index < -0.39 is 0 Å². The Hall–Kier alpha value is -1.92. The van der Waals surface area contributed by atoms with Crippen LogP contribution in [0, 0.1) is 5.92 Å². The lowest BCUT2D eigenvalue weighted by atomic mass is 9.92. The van der Waals surface area contributed by atoms with Gasteiger partial charge >= 0.3 is 0 Å². The average Bonchev–Trinajstić information content (AvgIpc) is 3.19. The monoisotopic (exact) mass is 330 g/mol. The Labute approximate surface area is 143 Å². The van der Waals surface area contributed by atoms with E-state index in [0.717, 1.165) is 38.5 Å². The number of likely N-dealkylation sites (tertiary alicyclic amines) is 1. The third kappa shape index (κ3) is 3.94. The molecule has 130 valence electrons. The Bertz CT molecular complexity index is 658. The van der Waals surface area contributed by atoms with Gasteiger partial charge in [-0.2, -0.15) is 5.10 Å². The summed E-state index contributed by atoms with van der Waals surface area (Å²) >= 11 is 0. The first-order valence-electron chi connectivity index (χ1n) is 8.48. The number of nitrogens with zero attached hydrogens (tertiary/aromatic N) is 4. The van der Waals surface area contributed by atoms with E-state index >= 15 is 0 Å². The zero-order chi connectivity index (χ0) is 16.9. The molecule has 1 aliphatic rings. The maximum Gasteiger partial charge on any atom is 0.213 e. The van der Waals surface area contributed by atoms with Crippen LogP contribution >= 0.6 is 0 Å². The number of pyridine rings is 1. The normalized spacial score (nSPS) is 21.3. The Balaban J connectivity index is 1.71. The van der Waals surface area contributed by atoms with E-state index in [0.29, 0.717) is 17.7 Å². The molecule has 0 aromatic carbocycles. The van der Waals surface area contributed by atoms with E-state index in [1.165, 1.54) is 5.56 Å². The maximum absolute atomic E-state index is 5.72. The topological polar surface area (TPSA) is 52.4 Å². The standard InChI is InChI=1S/C18H26N4O2/c1-4-24-13-15-10-22(11-16-6-5-7-18(20-16)23-3)12-17(15)14-8-19-21(2)9-14/h5-9,15,17H,4,10-13H2,1-3H3/t15-,17-/m0/s1. The van der Waals surface area contributed by atoms with Crippen LogP contribution in [-0.2, 0) is 18.3 Å². The molecular formula is C18H26N4O2. The minimum Gasteiger partial charge on any atom is -0.481 e. The van der Waals surface area contributed by atoms with Crippen LogP contribution in [0.3, 0.4) is 0 Å². The molecule has 2 aromatic rings. The lowest BCUT2D eigenvalue weighted by Crippen LogP contribution is -2.22. The molecular weight excluding hydrogens is 304 g/mol. The van der Waals surface area contributed by atoms with Gasteiger partial charge < -0.3 is 9.47 Å². The molecule has 2 atom stereocenters. The van der Waals surface area contributed by atoms with Crippen LogP contribution in [0.4, 0.5) is 0 Å². The Morgan fingerprint density at radius 2 is 2.17 bits per heavy atom. The van der Waals surface area contributed by atoms with Crippen molar-refractivity contribution in [3.05, 3.63) is 41.9 Å². The van der Waals surface area contributed by atoms with Gasteiger partial charge in [-0.05, 0) is 18.6 Å². The van der Waals surface area contributed by atoms with Crippen molar-refractivity contribution in [3.8, 4) is 5.88 Å². The lowest BCUT2D eigenvalue weighted by molar-refractivity contribution is 0.107. The number of ether oxygens (including phenoxy) is 2. The van der Waals surface area contributed by atoms with Crippen molar-refractivity contribution in [1.29, 1.82) is 0 Å². The molecule has 0 bridgehead atoms. The van der Waals surface area contributed by atoms with Crippen molar-refractivity contribution in [1.82, 2.24) is 19.7 Å². The van der Waals surface area contributed by atoms with Crippen LogP contribution in [0.2, 0.25) is 0 Å². The molecule has 0 spiro atoms. The number of aromatic nitrogens is 3. The number of methoxy groups -OCH3 is 1. The fraction of sp³-hybridized carbons (Fsp3) is 0.556. The highest BCUT2D eigenvalue weighted by Gasteiger charge is 2.34.